The number of hydrogen-bond donors (Lipinski definition) is 0. The van der Waals surface area contributed by atoms with E-state index in [1.807, 2.05) is 0 Å². The summed E-state index contributed by atoms with van der Waals surface area (Å²) in [6, 6.07) is 0. The lowest BCUT2D eigenvalue weighted by atomic mass is 9.97. The van der Waals surface area contributed by atoms with E-state index in [4.69, 9.17) is 14.2 Å². The van der Waals surface area contributed by atoms with Crippen molar-refractivity contribution in [2.45, 2.75) is 32.2 Å². The zero-order valence-corrected chi connectivity index (χ0v) is 9.15. The SMILES string of the molecule is CC1COC(C2CCC(CF)OC2)OC1. The molecule has 0 N–H and O–H groups in total. The molecule has 0 aromatic heterocycles. The molecule has 2 atom stereocenters. The van der Waals surface area contributed by atoms with Crippen LogP contribution in [-0.4, -0.2) is 38.9 Å². The van der Waals surface area contributed by atoms with Crippen LogP contribution in [0.5, 0.6) is 0 Å². The molecule has 0 aromatic carbocycles. The van der Waals surface area contributed by atoms with Crippen LogP contribution < -0.4 is 0 Å². The van der Waals surface area contributed by atoms with E-state index < -0.39 is 0 Å². The van der Waals surface area contributed by atoms with Gasteiger partial charge in [0.2, 0.25) is 0 Å². The average Bonchev–Trinajstić information content (AvgIpc) is 2.30. The van der Waals surface area contributed by atoms with Crippen LogP contribution in [0.4, 0.5) is 4.39 Å². The molecule has 2 unspecified atom stereocenters. The fourth-order valence-electron chi connectivity index (χ4n) is 2.05. The van der Waals surface area contributed by atoms with E-state index in [2.05, 4.69) is 6.92 Å². The summed E-state index contributed by atoms with van der Waals surface area (Å²) < 4.78 is 28.9. The van der Waals surface area contributed by atoms with E-state index in [1.54, 1.807) is 0 Å². The maximum atomic E-state index is 12.3. The molecule has 0 aliphatic carbocycles. The molecule has 2 saturated heterocycles. The summed E-state index contributed by atoms with van der Waals surface area (Å²) >= 11 is 0. The first-order valence-electron chi connectivity index (χ1n) is 5.70. The number of rotatable bonds is 2. The molecule has 88 valence electrons. The van der Waals surface area contributed by atoms with Crippen LogP contribution in [0.25, 0.3) is 0 Å². The highest BCUT2D eigenvalue weighted by molar-refractivity contribution is 4.74. The molecular weight excluding hydrogens is 199 g/mol. The van der Waals surface area contributed by atoms with Gasteiger partial charge in [0, 0.05) is 11.8 Å². The van der Waals surface area contributed by atoms with E-state index in [0.29, 0.717) is 12.5 Å². The van der Waals surface area contributed by atoms with Crippen molar-refractivity contribution in [3.05, 3.63) is 0 Å². The summed E-state index contributed by atoms with van der Waals surface area (Å²) in [4.78, 5) is 0. The normalized spacial score (nSPS) is 42.8. The van der Waals surface area contributed by atoms with Gasteiger partial charge >= 0.3 is 0 Å². The summed E-state index contributed by atoms with van der Waals surface area (Å²) in [5.41, 5.74) is 0. The quantitative estimate of drug-likeness (QED) is 0.707. The number of ether oxygens (including phenoxy) is 3. The van der Waals surface area contributed by atoms with Crippen molar-refractivity contribution in [3.63, 3.8) is 0 Å². The van der Waals surface area contributed by atoms with Gasteiger partial charge in [-0.3, -0.25) is 0 Å². The maximum absolute atomic E-state index is 12.3. The van der Waals surface area contributed by atoms with E-state index in [1.165, 1.54) is 0 Å². The topological polar surface area (TPSA) is 27.7 Å². The summed E-state index contributed by atoms with van der Waals surface area (Å²) in [5.74, 6) is 0.754. The highest BCUT2D eigenvalue weighted by Gasteiger charge is 2.32. The Balaban J connectivity index is 1.75. The maximum Gasteiger partial charge on any atom is 0.162 e. The zero-order valence-electron chi connectivity index (χ0n) is 9.15. The van der Waals surface area contributed by atoms with Crippen molar-refractivity contribution < 1.29 is 18.6 Å². The average molecular weight is 218 g/mol. The molecule has 0 aromatic rings. The third kappa shape index (κ3) is 2.89. The first-order chi connectivity index (χ1) is 7.29. The van der Waals surface area contributed by atoms with E-state index in [0.717, 1.165) is 26.1 Å². The third-order valence-electron chi connectivity index (χ3n) is 3.05. The molecule has 2 aliphatic heterocycles. The van der Waals surface area contributed by atoms with Gasteiger partial charge in [0.15, 0.2) is 6.29 Å². The monoisotopic (exact) mass is 218 g/mol. The first kappa shape index (κ1) is 11.3. The molecule has 2 aliphatic rings. The smallest absolute Gasteiger partial charge is 0.162 e. The summed E-state index contributed by atoms with van der Waals surface area (Å²) in [7, 11) is 0. The second-order valence-electron chi connectivity index (χ2n) is 4.59. The minimum Gasteiger partial charge on any atom is -0.375 e. The first-order valence-corrected chi connectivity index (χ1v) is 5.70. The van der Waals surface area contributed by atoms with Crippen molar-refractivity contribution >= 4 is 0 Å². The highest BCUT2D eigenvalue weighted by atomic mass is 19.1. The van der Waals surface area contributed by atoms with Gasteiger partial charge in [0.05, 0.1) is 25.9 Å². The summed E-state index contributed by atoms with van der Waals surface area (Å²) in [6.45, 7) is 3.80. The molecule has 2 fully saturated rings. The molecule has 2 rings (SSSR count). The molecule has 4 heteroatoms. The third-order valence-corrected chi connectivity index (χ3v) is 3.05. The lowest BCUT2D eigenvalue weighted by Gasteiger charge is -2.36. The zero-order chi connectivity index (χ0) is 10.7. The van der Waals surface area contributed by atoms with Crippen molar-refractivity contribution in [1.29, 1.82) is 0 Å². The van der Waals surface area contributed by atoms with Gasteiger partial charge in [-0.15, -0.1) is 0 Å². The second-order valence-corrected chi connectivity index (χ2v) is 4.59. The fourth-order valence-corrected chi connectivity index (χ4v) is 2.05. The summed E-state index contributed by atoms with van der Waals surface area (Å²) in [5, 5.41) is 0. The van der Waals surface area contributed by atoms with Crippen LogP contribution in [0.1, 0.15) is 19.8 Å². The van der Waals surface area contributed by atoms with Gasteiger partial charge in [-0.1, -0.05) is 6.92 Å². The Morgan fingerprint density at radius 2 is 1.80 bits per heavy atom. The van der Waals surface area contributed by atoms with Crippen molar-refractivity contribution in [1.82, 2.24) is 0 Å². The predicted molar refractivity (Wildman–Crippen MR) is 53.3 cm³/mol. The van der Waals surface area contributed by atoms with Crippen LogP contribution in [0.15, 0.2) is 0 Å². The lowest BCUT2D eigenvalue weighted by Crippen LogP contribution is -2.41. The number of halogens is 1. The van der Waals surface area contributed by atoms with E-state index >= 15 is 0 Å². The Morgan fingerprint density at radius 3 is 2.33 bits per heavy atom. The Bertz CT molecular complexity index is 184. The van der Waals surface area contributed by atoms with Crippen LogP contribution in [0, 0.1) is 11.8 Å². The minimum atomic E-state index is -0.379. The van der Waals surface area contributed by atoms with Crippen LogP contribution in [-0.2, 0) is 14.2 Å². The highest BCUT2D eigenvalue weighted by Crippen LogP contribution is 2.26. The second kappa shape index (κ2) is 5.23. The number of alkyl halides is 1. The summed E-state index contributed by atoms with van der Waals surface area (Å²) in [6.07, 6.45) is 1.37. The van der Waals surface area contributed by atoms with Gasteiger partial charge in [0.1, 0.15) is 6.67 Å². The Hall–Kier alpha value is -0.190. The molecule has 0 saturated carbocycles. The van der Waals surface area contributed by atoms with Crippen LogP contribution in [0.2, 0.25) is 0 Å². The van der Waals surface area contributed by atoms with Gasteiger partial charge in [-0.25, -0.2) is 4.39 Å². The van der Waals surface area contributed by atoms with Gasteiger partial charge in [-0.2, -0.15) is 0 Å². The Kier molecular flexibility index (Phi) is 3.94. The van der Waals surface area contributed by atoms with Gasteiger partial charge < -0.3 is 14.2 Å². The number of hydrogen-bond acceptors (Lipinski definition) is 3. The standard InChI is InChI=1S/C11H19FO3/c1-8-5-14-11(15-6-8)9-2-3-10(4-12)13-7-9/h8-11H,2-7H2,1H3. The van der Waals surface area contributed by atoms with Gasteiger partial charge in [-0.05, 0) is 12.8 Å². The lowest BCUT2D eigenvalue weighted by molar-refractivity contribution is -0.239. The molecule has 15 heavy (non-hydrogen) atoms. The van der Waals surface area contributed by atoms with Gasteiger partial charge in [0.25, 0.3) is 0 Å². The van der Waals surface area contributed by atoms with Crippen molar-refractivity contribution in [2.75, 3.05) is 26.5 Å². The fraction of sp³-hybridized carbons (Fsp3) is 1.00. The molecule has 3 nitrogen and oxygen atoms in total. The van der Waals surface area contributed by atoms with Crippen molar-refractivity contribution in [2.24, 2.45) is 11.8 Å². The van der Waals surface area contributed by atoms with E-state index in [9.17, 15) is 4.39 Å². The predicted octanol–water partition coefficient (Wildman–Crippen LogP) is 1.76. The molecule has 0 amide bonds. The molecule has 0 spiro atoms. The molecular formula is C11H19FO3. The van der Waals surface area contributed by atoms with E-state index in [-0.39, 0.29) is 25.0 Å². The Morgan fingerprint density at radius 1 is 1.07 bits per heavy atom. The minimum absolute atomic E-state index is 0.137. The molecule has 0 radical (unpaired) electrons. The van der Waals surface area contributed by atoms with Crippen molar-refractivity contribution in [3.8, 4) is 0 Å². The Labute approximate surface area is 89.9 Å². The molecule has 0 bridgehead atoms. The largest absolute Gasteiger partial charge is 0.375 e. The van der Waals surface area contributed by atoms with Crippen LogP contribution in [0.3, 0.4) is 0 Å². The van der Waals surface area contributed by atoms with Crippen LogP contribution >= 0.6 is 0 Å². The molecule has 2 heterocycles.